The second kappa shape index (κ2) is 3.44. The first-order valence-corrected chi connectivity index (χ1v) is 4.12. The van der Waals surface area contributed by atoms with Gasteiger partial charge in [-0.2, -0.15) is 0 Å². The van der Waals surface area contributed by atoms with Crippen molar-refractivity contribution in [2.24, 2.45) is 0 Å². The molecule has 1 heteroatoms. The first-order valence-electron chi connectivity index (χ1n) is 4.12. The van der Waals surface area contributed by atoms with Gasteiger partial charge in [-0.25, -0.2) is 0 Å². The molecule has 1 aromatic carbocycles. The molecule has 64 valence electrons. The van der Waals surface area contributed by atoms with E-state index in [-0.39, 0.29) is 0 Å². The van der Waals surface area contributed by atoms with E-state index in [4.69, 9.17) is 5.73 Å². The second-order valence-electron chi connectivity index (χ2n) is 3.06. The highest BCUT2D eigenvalue weighted by molar-refractivity contribution is 5.52. The molecule has 0 saturated heterocycles. The van der Waals surface area contributed by atoms with E-state index >= 15 is 0 Å². The van der Waals surface area contributed by atoms with E-state index in [0.717, 1.165) is 12.1 Å². The lowest BCUT2D eigenvalue weighted by molar-refractivity contribution is 1.19. The molecule has 12 heavy (non-hydrogen) atoms. The Labute approximate surface area is 73.9 Å². The Hall–Kier alpha value is -1.24. The van der Waals surface area contributed by atoms with Crippen LogP contribution in [0, 0.1) is 13.8 Å². The molecule has 0 aromatic heterocycles. The maximum Gasteiger partial charge on any atom is 0.0346 e. The highest BCUT2D eigenvalue weighted by Crippen LogP contribution is 2.19. The zero-order valence-corrected chi connectivity index (χ0v) is 7.72. The van der Waals surface area contributed by atoms with Crippen LogP contribution in [0.1, 0.15) is 16.7 Å². The van der Waals surface area contributed by atoms with Crippen LogP contribution in [0.4, 0.5) is 5.69 Å². The number of allylic oxidation sites excluding steroid dienone is 1. The lowest BCUT2D eigenvalue weighted by Crippen LogP contribution is -1.96. The van der Waals surface area contributed by atoms with Gasteiger partial charge in [-0.3, -0.25) is 0 Å². The van der Waals surface area contributed by atoms with Gasteiger partial charge in [-0.1, -0.05) is 12.1 Å². The van der Waals surface area contributed by atoms with Gasteiger partial charge in [0.05, 0.1) is 0 Å². The molecule has 0 saturated carbocycles. The van der Waals surface area contributed by atoms with Crippen molar-refractivity contribution in [2.45, 2.75) is 20.3 Å². The number of nitrogens with two attached hydrogens (primary N) is 1. The van der Waals surface area contributed by atoms with E-state index in [9.17, 15) is 0 Å². The summed E-state index contributed by atoms with van der Waals surface area (Å²) in [5.74, 6) is 0. The van der Waals surface area contributed by atoms with Crippen LogP contribution in [0.2, 0.25) is 0 Å². The second-order valence-corrected chi connectivity index (χ2v) is 3.06. The molecule has 0 aliphatic rings. The summed E-state index contributed by atoms with van der Waals surface area (Å²) in [6.45, 7) is 7.87. The molecule has 0 spiro atoms. The van der Waals surface area contributed by atoms with Crippen LogP contribution in [0.25, 0.3) is 0 Å². The molecule has 0 bridgehead atoms. The third-order valence-corrected chi connectivity index (χ3v) is 2.31. The van der Waals surface area contributed by atoms with E-state index in [2.05, 4.69) is 26.5 Å². The molecule has 2 N–H and O–H groups in total. The van der Waals surface area contributed by atoms with Gasteiger partial charge >= 0.3 is 0 Å². The van der Waals surface area contributed by atoms with Gasteiger partial charge in [0.25, 0.3) is 0 Å². The first-order chi connectivity index (χ1) is 5.66. The molecule has 0 radical (unpaired) electrons. The summed E-state index contributed by atoms with van der Waals surface area (Å²) in [5.41, 5.74) is 10.4. The summed E-state index contributed by atoms with van der Waals surface area (Å²) in [6.07, 6.45) is 2.84. The highest BCUT2D eigenvalue weighted by Gasteiger charge is 2.01. The fourth-order valence-electron chi connectivity index (χ4n) is 1.27. The normalized spacial score (nSPS) is 9.83. The van der Waals surface area contributed by atoms with Gasteiger partial charge in [0.2, 0.25) is 0 Å². The van der Waals surface area contributed by atoms with Gasteiger partial charge in [0.15, 0.2) is 0 Å². The monoisotopic (exact) mass is 161 g/mol. The largest absolute Gasteiger partial charge is 0.399 e. The molecule has 1 aromatic rings. The van der Waals surface area contributed by atoms with Crippen LogP contribution in [0.3, 0.4) is 0 Å². The Bertz CT molecular complexity index is 300. The van der Waals surface area contributed by atoms with Gasteiger partial charge in [0, 0.05) is 5.69 Å². The van der Waals surface area contributed by atoms with Gasteiger partial charge < -0.3 is 5.73 Å². The Balaban J connectivity index is 3.16. The van der Waals surface area contributed by atoms with Crippen LogP contribution in [0.5, 0.6) is 0 Å². The van der Waals surface area contributed by atoms with E-state index in [0.29, 0.717) is 0 Å². The number of anilines is 1. The summed E-state index contributed by atoms with van der Waals surface area (Å²) in [6, 6.07) is 4.03. The molecular weight excluding hydrogens is 146 g/mol. The third-order valence-electron chi connectivity index (χ3n) is 2.31. The molecule has 0 fully saturated rings. The number of hydrogen-bond donors (Lipinski definition) is 1. The lowest BCUT2D eigenvalue weighted by atomic mass is 10.00. The van der Waals surface area contributed by atoms with Crippen molar-refractivity contribution < 1.29 is 0 Å². The highest BCUT2D eigenvalue weighted by atomic mass is 14.6. The van der Waals surface area contributed by atoms with Gasteiger partial charge in [0.1, 0.15) is 0 Å². The minimum Gasteiger partial charge on any atom is -0.399 e. The predicted molar refractivity (Wildman–Crippen MR) is 54.2 cm³/mol. The van der Waals surface area contributed by atoms with Crippen molar-refractivity contribution in [1.29, 1.82) is 0 Å². The Morgan fingerprint density at radius 1 is 1.33 bits per heavy atom. The van der Waals surface area contributed by atoms with Gasteiger partial charge in [-0.05, 0) is 43.0 Å². The lowest BCUT2D eigenvalue weighted by Gasteiger charge is -2.08. The van der Waals surface area contributed by atoms with Crippen molar-refractivity contribution in [3.05, 3.63) is 41.5 Å². The molecule has 0 aliphatic heterocycles. The molecule has 0 atom stereocenters. The van der Waals surface area contributed by atoms with E-state index in [1.165, 1.54) is 16.7 Å². The average molecular weight is 161 g/mol. The zero-order valence-electron chi connectivity index (χ0n) is 7.72. The quantitative estimate of drug-likeness (QED) is 0.523. The standard InChI is InChI=1S/C11H15N/c1-4-5-10-6-7-11(12)9(3)8(10)2/h4,6-7H,1,5,12H2,2-3H3. The molecule has 0 unspecified atom stereocenters. The molecular formula is C11H15N. The summed E-state index contributed by atoms with van der Waals surface area (Å²) in [4.78, 5) is 0. The SMILES string of the molecule is C=CCc1ccc(N)c(C)c1C. The van der Waals surface area contributed by atoms with Crippen LogP contribution in [0.15, 0.2) is 24.8 Å². The Morgan fingerprint density at radius 3 is 2.58 bits per heavy atom. The smallest absolute Gasteiger partial charge is 0.0346 e. The Morgan fingerprint density at radius 2 is 2.00 bits per heavy atom. The van der Waals surface area contributed by atoms with Crippen molar-refractivity contribution in [3.8, 4) is 0 Å². The van der Waals surface area contributed by atoms with Crippen molar-refractivity contribution in [1.82, 2.24) is 0 Å². The zero-order chi connectivity index (χ0) is 9.14. The van der Waals surface area contributed by atoms with Crippen molar-refractivity contribution >= 4 is 5.69 Å². The molecule has 0 heterocycles. The summed E-state index contributed by atoms with van der Waals surface area (Å²) < 4.78 is 0. The van der Waals surface area contributed by atoms with E-state index in [1.54, 1.807) is 0 Å². The van der Waals surface area contributed by atoms with E-state index in [1.807, 2.05) is 12.1 Å². The fraction of sp³-hybridized carbons (Fsp3) is 0.273. The average Bonchev–Trinajstić information content (AvgIpc) is 2.07. The van der Waals surface area contributed by atoms with Gasteiger partial charge in [-0.15, -0.1) is 6.58 Å². The number of hydrogen-bond acceptors (Lipinski definition) is 1. The maximum absolute atomic E-state index is 5.76. The first kappa shape index (κ1) is 8.85. The molecule has 0 amide bonds. The summed E-state index contributed by atoms with van der Waals surface area (Å²) >= 11 is 0. The van der Waals surface area contributed by atoms with E-state index < -0.39 is 0 Å². The van der Waals surface area contributed by atoms with Crippen molar-refractivity contribution in [3.63, 3.8) is 0 Å². The van der Waals surface area contributed by atoms with Crippen LogP contribution < -0.4 is 5.73 Å². The number of nitrogen functional groups attached to an aromatic ring is 1. The molecule has 1 rings (SSSR count). The summed E-state index contributed by atoms with van der Waals surface area (Å²) in [7, 11) is 0. The van der Waals surface area contributed by atoms with Crippen LogP contribution >= 0.6 is 0 Å². The fourth-order valence-corrected chi connectivity index (χ4v) is 1.27. The molecule has 1 nitrogen and oxygen atoms in total. The van der Waals surface area contributed by atoms with Crippen molar-refractivity contribution in [2.75, 3.05) is 5.73 Å². The number of benzene rings is 1. The topological polar surface area (TPSA) is 26.0 Å². The third kappa shape index (κ3) is 1.50. The maximum atomic E-state index is 5.76. The minimum atomic E-state index is 0.875. The Kier molecular flexibility index (Phi) is 2.54. The number of rotatable bonds is 2. The van der Waals surface area contributed by atoms with Crippen LogP contribution in [-0.4, -0.2) is 0 Å². The molecule has 0 aliphatic carbocycles. The summed E-state index contributed by atoms with van der Waals surface area (Å²) in [5, 5.41) is 0. The predicted octanol–water partition coefficient (Wildman–Crippen LogP) is 2.61. The van der Waals surface area contributed by atoms with Crippen LogP contribution in [-0.2, 0) is 6.42 Å². The minimum absolute atomic E-state index is 0.875.